The van der Waals surface area contributed by atoms with Crippen molar-refractivity contribution in [3.63, 3.8) is 0 Å². The van der Waals surface area contributed by atoms with E-state index in [2.05, 4.69) is 20.1 Å². The predicted molar refractivity (Wildman–Crippen MR) is 118 cm³/mol. The van der Waals surface area contributed by atoms with Gasteiger partial charge in [-0.2, -0.15) is 5.10 Å². The summed E-state index contributed by atoms with van der Waals surface area (Å²) in [6.45, 7) is 0. The van der Waals surface area contributed by atoms with Crippen molar-refractivity contribution in [3.05, 3.63) is 100 Å². The van der Waals surface area contributed by atoms with E-state index >= 15 is 0 Å². The molecule has 3 heterocycles. The minimum absolute atomic E-state index is 0.161. The third-order valence-electron chi connectivity index (χ3n) is 5.05. The average molecular weight is 445 g/mol. The first-order chi connectivity index (χ1) is 15.9. The first-order valence-corrected chi connectivity index (χ1v) is 10.0. The molecule has 0 spiro atoms. The standard InChI is InChI=1S/C24H17F2N5O2/c1-31-13-15(12-28-31)22-11-17(6-7-27-22)33-16-3-5-21-18(10-16)24(32)30-23(29-21)9-14-2-4-19(25)20(26)8-14/h2-8,10-13H,9H2,1H3,(H,29,30,32). The molecule has 9 heteroatoms. The van der Waals surface area contributed by atoms with Crippen molar-refractivity contribution in [2.45, 2.75) is 6.42 Å². The summed E-state index contributed by atoms with van der Waals surface area (Å²) in [5.74, 6) is -0.496. The molecule has 164 valence electrons. The third-order valence-corrected chi connectivity index (χ3v) is 5.05. The van der Waals surface area contributed by atoms with Crippen LogP contribution in [0.4, 0.5) is 8.78 Å². The molecule has 1 N–H and O–H groups in total. The highest BCUT2D eigenvalue weighted by atomic mass is 19.2. The molecule has 5 rings (SSSR count). The van der Waals surface area contributed by atoms with Gasteiger partial charge in [0.15, 0.2) is 11.6 Å². The normalized spacial score (nSPS) is 11.1. The van der Waals surface area contributed by atoms with Gasteiger partial charge in [0.05, 0.1) is 22.8 Å². The van der Waals surface area contributed by atoms with E-state index in [0.29, 0.717) is 39.5 Å². The van der Waals surface area contributed by atoms with Gasteiger partial charge >= 0.3 is 0 Å². The maximum atomic E-state index is 13.5. The van der Waals surface area contributed by atoms with Crippen molar-refractivity contribution < 1.29 is 13.5 Å². The fourth-order valence-corrected chi connectivity index (χ4v) is 3.48. The lowest BCUT2D eigenvalue weighted by atomic mass is 10.1. The Kier molecular flexibility index (Phi) is 5.14. The van der Waals surface area contributed by atoms with E-state index in [0.717, 1.165) is 17.7 Å². The number of nitrogens with zero attached hydrogens (tertiary/aromatic N) is 4. The van der Waals surface area contributed by atoms with Crippen molar-refractivity contribution >= 4 is 10.9 Å². The summed E-state index contributed by atoms with van der Waals surface area (Å²) in [7, 11) is 1.83. The number of ether oxygens (including phenoxy) is 1. The second kappa shape index (κ2) is 8.27. The molecule has 0 saturated heterocycles. The van der Waals surface area contributed by atoms with Gasteiger partial charge in [-0.15, -0.1) is 0 Å². The molecule has 2 aromatic carbocycles. The number of pyridine rings is 1. The fourth-order valence-electron chi connectivity index (χ4n) is 3.48. The molecule has 0 aliphatic rings. The monoisotopic (exact) mass is 445 g/mol. The van der Waals surface area contributed by atoms with Crippen LogP contribution in [-0.2, 0) is 13.5 Å². The van der Waals surface area contributed by atoms with Crippen LogP contribution in [0.25, 0.3) is 22.2 Å². The number of hydrogen-bond donors (Lipinski definition) is 1. The molecule has 7 nitrogen and oxygen atoms in total. The number of fused-ring (bicyclic) bond motifs is 1. The van der Waals surface area contributed by atoms with Crippen LogP contribution < -0.4 is 10.3 Å². The van der Waals surface area contributed by atoms with Crippen LogP contribution in [0.3, 0.4) is 0 Å². The molecule has 0 aliphatic carbocycles. The van der Waals surface area contributed by atoms with Crippen LogP contribution >= 0.6 is 0 Å². The first-order valence-electron chi connectivity index (χ1n) is 10.0. The summed E-state index contributed by atoms with van der Waals surface area (Å²) >= 11 is 0. The first kappa shape index (κ1) is 20.5. The lowest BCUT2D eigenvalue weighted by Gasteiger charge is -2.08. The van der Waals surface area contributed by atoms with Crippen molar-refractivity contribution in [3.8, 4) is 22.8 Å². The smallest absolute Gasteiger partial charge is 0.258 e. The van der Waals surface area contributed by atoms with Crippen LogP contribution in [0.5, 0.6) is 11.5 Å². The summed E-state index contributed by atoms with van der Waals surface area (Å²) in [5, 5.41) is 4.50. The van der Waals surface area contributed by atoms with Crippen molar-refractivity contribution in [1.82, 2.24) is 24.7 Å². The molecule has 0 saturated carbocycles. The Morgan fingerprint density at radius 3 is 2.67 bits per heavy atom. The zero-order chi connectivity index (χ0) is 22.9. The fraction of sp³-hybridized carbons (Fsp3) is 0.0833. The molecular weight excluding hydrogens is 428 g/mol. The average Bonchev–Trinajstić information content (AvgIpc) is 3.23. The van der Waals surface area contributed by atoms with Gasteiger partial charge < -0.3 is 9.72 Å². The quantitative estimate of drug-likeness (QED) is 0.434. The summed E-state index contributed by atoms with van der Waals surface area (Å²) in [6.07, 6.45) is 5.36. The number of benzene rings is 2. The number of hydrogen-bond acceptors (Lipinski definition) is 5. The molecule has 5 aromatic rings. The Morgan fingerprint density at radius 1 is 1.03 bits per heavy atom. The second-order valence-corrected chi connectivity index (χ2v) is 7.50. The highest BCUT2D eigenvalue weighted by molar-refractivity contribution is 5.79. The minimum Gasteiger partial charge on any atom is -0.457 e. The minimum atomic E-state index is -0.944. The van der Waals surface area contributed by atoms with Gasteiger partial charge in [0.1, 0.15) is 17.3 Å². The van der Waals surface area contributed by atoms with Crippen LogP contribution in [-0.4, -0.2) is 24.7 Å². The number of rotatable bonds is 5. The second-order valence-electron chi connectivity index (χ2n) is 7.50. The molecule has 0 bridgehead atoms. The number of H-pyrrole nitrogens is 1. The summed E-state index contributed by atoms with van der Waals surface area (Å²) in [4.78, 5) is 24.1. The zero-order valence-corrected chi connectivity index (χ0v) is 17.4. The molecule has 3 aromatic heterocycles. The Balaban J connectivity index is 1.41. The van der Waals surface area contributed by atoms with Crippen LogP contribution in [0.2, 0.25) is 0 Å². The van der Waals surface area contributed by atoms with Crippen LogP contribution in [0, 0.1) is 11.6 Å². The highest BCUT2D eigenvalue weighted by Gasteiger charge is 2.10. The Hall–Kier alpha value is -4.40. The van der Waals surface area contributed by atoms with Crippen LogP contribution in [0.1, 0.15) is 11.4 Å². The number of nitrogens with one attached hydrogen (secondary N) is 1. The maximum Gasteiger partial charge on any atom is 0.258 e. The van der Waals surface area contributed by atoms with Gasteiger partial charge in [-0.1, -0.05) is 6.07 Å². The van der Waals surface area contributed by atoms with E-state index in [1.165, 1.54) is 6.07 Å². The number of aromatic nitrogens is 5. The molecule has 0 radical (unpaired) electrons. The van der Waals surface area contributed by atoms with Crippen molar-refractivity contribution in [2.24, 2.45) is 7.05 Å². The highest BCUT2D eigenvalue weighted by Crippen LogP contribution is 2.27. The van der Waals surface area contributed by atoms with E-state index in [1.807, 2.05) is 13.2 Å². The van der Waals surface area contributed by atoms with E-state index in [1.54, 1.807) is 47.4 Å². The summed E-state index contributed by atoms with van der Waals surface area (Å²) in [6, 6.07) is 12.1. The van der Waals surface area contributed by atoms with Gasteiger partial charge in [0, 0.05) is 37.5 Å². The lowest BCUT2D eigenvalue weighted by molar-refractivity contribution is 0.483. The van der Waals surface area contributed by atoms with E-state index < -0.39 is 11.6 Å². The van der Waals surface area contributed by atoms with Crippen molar-refractivity contribution in [2.75, 3.05) is 0 Å². The third kappa shape index (κ3) is 4.33. The van der Waals surface area contributed by atoms with Crippen LogP contribution in [0.15, 0.2) is 71.9 Å². The van der Waals surface area contributed by atoms with Gasteiger partial charge in [-0.25, -0.2) is 13.8 Å². The topological polar surface area (TPSA) is 85.7 Å². The lowest BCUT2D eigenvalue weighted by Crippen LogP contribution is -2.12. The molecule has 0 aliphatic heterocycles. The molecule has 0 unspecified atom stereocenters. The molecule has 0 fully saturated rings. The molecule has 0 atom stereocenters. The largest absolute Gasteiger partial charge is 0.457 e. The Morgan fingerprint density at radius 2 is 1.88 bits per heavy atom. The molecule has 0 amide bonds. The molecular formula is C24H17F2N5O2. The van der Waals surface area contributed by atoms with E-state index in [4.69, 9.17) is 4.74 Å². The van der Waals surface area contributed by atoms with Gasteiger partial charge in [-0.05, 0) is 42.0 Å². The number of aryl methyl sites for hydroxylation is 1. The van der Waals surface area contributed by atoms with Gasteiger partial charge in [0.2, 0.25) is 0 Å². The predicted octanol–water partition coefficient (Wildman–Crippen LogP) is 4.38. The molecule has 33 heavy (non-hydrogen) atoms. The van der Waals surface area contributed by atoms with Gasteiger partial charge in [-0.3, -0.25) is 14.5 Å². The summed E-state index contributed by atoms with van der Waals surface area (Å²) in [5.41, 5.74) is 2.18. The van der Waals surface area contributed by atoms with E-state index in [9.17, 15) is 13.6 Å². The number of aromatic amines is 1. The zero-order valence-electron chi connectivity index (χ0n) is 17.4. The Bertz CT molecular complexity index is 1540. The van der Waals surface area contributed by atoms with Crippen molar-refractivity contribution in [1.29, 1.82) is 0 Å². The summed E-state index contributed by atoms with van der Waals surface area (Å²) < 4.78 is 34.2. The SMILES string of the molecule is Cn1cc(-c2cc(Oc3ccc4nc(Cc5ccc(F)c(F)c5)[nH]c(=O)c4c3)ccn2)cn1. The number of halogens is 2. The van der Waals surface area contributed by atoms with Gasteiger partial charge in [0.25, 0.3) is 5.56 Å². The Labute approximate surface area is 186 Å². The maximum absolute atomic E-state index is 13.5. The van der Waals surface area contributed by atoms with E-state index in [-0.39, 0.29) is 12.0 Å².